The van der Waals surface area contributed by atoms with Crippen LogP contribution >= 0.6 is 27.5 Å². The molecule has 0 bridgehead atoms. The maximum Gasteiger partial charge on any atom is 0.115 e. The van der Waals surface area contributed by atoms with E-state index in [1.165, 1.54) is 0 Å². The first-order valence-corrected chi connectivity index (χ1v) is 5.92. The highest BCUT2D eigenvalue weighted by Gasteiger charge is 2.01. The Morgan fingerprint density at radius 2 is 2.33 bits per heavy atom. The van der Waals surface area contributed by atoms with Crippen LogP contribution in [0.3, 0.4) is 0 Å². The van der Waals surface area contributed by atoms with Crippen molar-refractivity contribution in [2.75, 3.05) is 17.7 Å². The van der Waals surface area contributed by atoms with Gasteiger partial charge in [0, 0.05) is 11.0 Å². The first-order valence-electron chi connectivity index (χ1n) is 4.59. The summed E-state index contributed by atoms with van der Waals surface area (Å²) in [5.41, 5.74) is 7.34. The first-order chi connectivity index (χ1) is 7.17. The molecule has 0 aliphatic carbocycles. The van der Waals surface area contributed by atoms with E-state index in [-0.39, 0.29) is 5.88 Å². The molecule has 0 spiro atoms. The lowest BCUT2D eigenvalue weighted by atomic mass is 10.2. The molecular formula is C10H13BrClN3. The van der Waals surface area contributed by atoms with Crippen LogP contribution < -0.4 is 11.1 Å². The molecule has 0 radical (unpaired) electrons. The number of nitrogens with one attached hydrogen (secondary N) is 1. The van der Waals surface area contributed by atoms with Crippen molar-refractivity contribution in [3.63, 3.8) is 0 Å². The van der Waals surface area contributed by atoms with E-state index in [9.17, 15) is 0 Å². The Balaban J connectivity index is 3.06. The Hall–Kier alpha value is -0.740. The third-order valence-corrected chi connectivity index (χ3v) is 2.50. The lowest BCUT2D eigenvalue weighted by Crippen LogP contribution is -2.12. The molecule has 0 saturated heterocycles. The molecule has 3 nitrogen and oxygen atoms in total. The van der Waals surface area contributed by atoms with Crippen LogP contribution in [0.25, 0.3) is 0 Å². The third-order valence-electron chi connectivity index (χ3n) is 1.73. The highest BCUT2D eigenvalue weighted by atomic mass is 79.9. The van der Waals surface area contributed by atoms with Gasteiger partial charge in [0.05, 0.1) is 17.3 Å². The first kappa shape index (κ1) is 12.3. The molecule has 0 aliphatic heterocycles. The van der Waals surface area contributed by atoms with E-state index in [1.54, 1.807) is 0 Å². The quantitative estimate of drug-likeness (QED) is 0.508. The monoisotopic (exact) mass is 289 g/mol. The second-order valence-electron chi connectivity index (χ2n) is 2.93. The van der Waals surface area contributed by atoms with Gasteiger partial charge in [0.1, 0.15) is 5.84 Å². The van der Waals surface area contributed by atoms with Crippen LogP contribution in [0.2, 0.25) is 0 Å². The van der Waals surface area contributed by atoms with Crippen molar-refractivity contribution in [3.8, 4) is 0 Å². The molecule has 1 aromatic rings. The van der Waals surface area contributed by atoms with Crippen LogP contribution in [-0.2, 0) is 0 Å². The summed E-state index contributed by atoms with van der Waals surface area (Å²) in [5, 5.41) is 3.21. The fraction of sp³-hybridized carbons (Fsp3) is 0.300. The molecule has 0 atom stereocenters. The Morgan fingerprint density at radius 1 is 1.60 bits per heavy atom. The van der Waals surface area contributed by atoms with Gasteiger partial charge >= 0.3 is 0 Å². The standard InChI is InChI=1S/C10H13BrClN3/c1-2-14-8-4-3-7(11)5-9(8)15-10(13)6-12/h3-5,14H,2,6H2,1H3,(H2,13,15). The van der Waals surface area contributed by atoms with Gasteiger partial charge in [-0.25, -0.2) is 4.99 Å². The number of nitrogens with two attached hydrogens (primary N) is 1. The van der Waals surface area contributed by atoms with Crippen molar-refractivity contribution in [1.82, 2.24) is 0 Å². The largest absolute Gasteiger partial charge is 0.386 e. The number of aliphatic imine (C=N–C) groups is 1. The minimum Gasteiger partial charge on any atom is -0.386 e. The van der Waals surface area contributed by atoms with E-state index in [0.717, 1.165) is 22.4 Å². The Labute approximate surface area is 103 Å². The zero-order chi connectivity index (χ0) is 11.3. The van der Waals surface area contributed by atoms with Crippen molar-refractivity contribution < 1.29 is 0 Å². The SMILES string of the molecule is CCNc1ccc(Br)cc1N=C(N)CCl. The summed E-state index contributed by atoms with van der Waals surface area (Å²) in [6, 6.07) is 5.80. The van der Waals surface area contributed by atoms with Gasteiger partial charge in [-0.2, -0.15) is 0 Å². The van der Waals surface area contributed by atoms with Crippen molar-refractivity contribution in [2.24, 2.45) is 10.7 Å². The van der Waals surface area contributed by atoms with Crippen molar-refractivity contribution in [2.45, 2.75) is 6.92 Å². The number of amidine groups is 1. The molecule has 0 amide bonds. The van der Waals surface area contributed by atoms with Gasteiger partial charge in [0.2, 0.25) is 0 Å². The minimum absolute atomic E-state index is 0.234. The number of nitrogens with zero attached hydrogens (tertiary/aromatic N) is 1. The summed E-state index contributed by atoms with van der Waals surface area (Å²) in [4.78, 5) is 4.23. The molecule has 3 N–H and O–H groups in total. The molecule has 0 aromatic heterocycles. The second kappa shape index (κ2) is 5.98. The Morgan fingerprint density at radius 3 is 2.93 bits per heavy atom. The normalized spacial score (nSPS) is 11.5. The summed E-state index contributed by atoms with van der Waals surface area (Å²) in [6.45, 7) is 2.87. The number of halogens is 2. The molecule has 0 aliphatic rings. The fourth-order valence-electron chi connectivity index (χ4n) is 1.12. The van der Waals surface area contributed by atoms with Crippen molar-refractivity contribution >= 4 is 44.7 Å². The van der Waals surface area contributed by atoms with E-state index in [0.29, 0.717) is 5.84 Å². The highest BCUT2D eigenvalue weighted by molar-refractivity contribution is 9.10. The van der Waals surface area contributed by atoms with Gasteiger partial charge in [-0.05, 0) is 25.1 Å². The number of benzene rings is 1. The molecule has 5 heteroatoms. The number of rotatable bonds is 4. The van der Waals surface area contributed by atoms with Crippen molar-refractivity contribution in [3.05, 3.63) is 22.7 Å². The number of hydrogen-bond donors (Lipinski definition) is 2. The van der Waals surface area contributed by atoms with Gasteiger partial charge in [0.15, 0.2) is 0 Å². The molecule has 15 heavy (non-hydrogen) atoms. The predicted octanol–water partition coefficient (Wildman–Crippen LogP) is 3.11. The Kier molecular flexibility index (Phi) is 4.91. The molecule has 0 saturated carbocycles. The topological polar surface area (TPSA) is 50.4 Å². The van der Waals surface area contributed by atoms with Gasteiger partial charge in [-0.3, -0.25) is 0 Å². The zero-order valence-corrected chi connectivity index (χ0v) is 10.8. The van der Waals surface area contributed by atoms with Crippen LogP contribution in [0.1, 0.15) is 6.92 Å². The van der Waals surface area contributed by atoms with Gasteiger partial charge in [-0.15, -0.1) is 11.6 Å². The average molecular weight is 291 g/mol. The van der Waals surface area contributed by atoms with E-state index in [1.807, 2.05) is 25.1 Å². The van der Waals surface area contributed by atoms with Crippen molar-refractivity contribution in [1.29, 1.82) is 0 Å². The van der Waals surface area contributed by atoms with Crippen LogP contribution in [0, 0.1) is 0 Å². The lowest BCUT2D eigenvalue weighted by molar-refractivity contribution is 1.21. The molecule has 1 aromatic carbocycles. The fourth-order valence-corrected chi connectivity index (χ4v) is 1.53. The van der Waals surface area contributed by atoms with Crippen LogP contribution in [0.15, 0.2) is 27.7 Å². The molecular weight excluding hydrogens is 277 g/mol. The Bertz CT molecular complexity index is 366. The number of anilines is 1. The average Bonchev–Trinajstić information content (AvgIpc) is 2.22. The van der Waals surface area contributed by atoms with E-state index in [2.05, 4.69) is 26.2 Å². The molecule has 0 fully saturated rings. The third kappa shape index (κ3) is 3.72. The maximum atomic E-state index is 5.60. The van der Waals surface area contributed by atoms with Gasteiger partial charge in [0.25, 0.3) is 0 Å². The molecule has 1 rings (SSSR count). The number of hydrogen-bond acceptors (Lipinski definition) is 2. The minimum atomic E-state index is 0.234. The maximum absolute atomic E-state index is 5.60. The van der Waals surface area contributed by atoms with E-state index < -0.39 is 0 Å². The summed E-state index contributed by atoms with van der Waals surface area (Å²) in [7, 11) is 0. The summed E-state index contributed by atoms with van der Waals surface area (Å²) < 4.78 is 0.963. The van der Waals surface area contributed by atoms with Gasteiger partial charge in [-0.1, -0.05) is 15.9 Å². The second-order valence-corrected chi connectivity index (χ2v) is 4.11. The van der Waals surface area contributed by atoms with Gasteiger partial charge < -0.3 is 11.1 Å². The van der Waals surface area contributed by atoms with E-state index in [4.69, 9.17) is 17.3 Å². The molecule has 0 unspecified atom stereocenters. The van der Waals surface area contributed by atoms with Crippen LogP contribution in [0.5, 0.6) is 0 Å². The van der Waals surface area contributed by atoms with E-state index >= 15 is 0 Å². The number of alkyl halides is 1. The molecule has 0 heterocycles. The highest BCUT2D eigenvalue weighted by Crippen LogP contribution is 2.28. The van der Waals surface area contributed by atoms with Crippen LogP contribution in [-0.4, -0.2) is 18.3 Å². The smallest absolute Gasteiger partial charge is 0.115 e. The zero-order valence-electron chi connectivity index (χ0n) is 8.43. The summed E-state index contributed by atoms with van der Waals surface area (Å²) >= 11 is 8.97. The predicted molar refractivity (Wildman–Crippen MR) is 70.3 cm³/mol. The molecule has 82 valence electrons. The summed E-state index contributed by atoms with van der Waals surface area (Å²) in [5.74, 6) is 0.645. The lowest BCUT2D eigenvalue weighted by Gasteiger charge is -2.08. The summed E-state index contributed by atoms with van der Waals surface area (Å²) in [6.07, 6.45) is 0. The van der Waals surface area contributed by atoms with Crippen LogP contribution in [0.4, 0.5) is 11.4 Å².